The van der Waals surface area contributed by atoms with Crippen molar-refractivity contribution in [3.63, 3.8) is 0 Å². The molecule has 0 radical (unpaired) electrons. The molecule has 0 atom stereocenters. The van der Waals surface area contributed by atoms with E-state index < -0.39 is 5.97 Å². The number of rotatable bonds is 5. The number of ether oxygens (including phenoxy) is 1. The molecule has 0 aliphatic heterocycles. The van der Waals surface area contributed by atoms with Crippen molar-refractivity contribution in [1.29, 1.82) is 0 Å². The Bertz CT molecular complexity index is 392. The number of esters is 1. The summed E-state index contributed by atoms with van der Waals surface area (Å²) >= 11 is 6.81. The lowest BCUT2D eigenvalue weighted by Gasteiger charge is -1.95. The number of carbonyl (C=O) groups is 1. The molecule has 0 aromatic carbocycles. The van der Waals surface area contributed by atoms with Crippen LogP contribution in [0.2, 0.25) is 0 Å². The highest BCUT2D eigenvalue weighted by molar-refractivity contribution is 7.99. The standard InChI is InChI=1S/C9H11ClN2O3S/c1-3-14-8(13)7-11-12-9(15-7)16-5-6(2)4-10/h4H,3,5H2,1-2H3. The van der Waals surface area contributed by atoms with Crippen LogP contribution in [0.1, 0.15) is 24.5 Å². The predicted octanol–water partition coefficient (Wildman–Crippen LogP) is 2.48. The van der Waals surface area contributed by atoms with Crippen molar-refractivity contribution in [3.8, 4) is 0 Å². The van der Waals surface area contributed by atoms with Crippen molar-refractivity contribution in [2.24, 2.45) is 0 Å². The summed E-state index contributed by atoms with van der Waals surface area (Å²) in [6, 6.07) is 0. The Morgan fingerprint density at radius 1 is 1.62 bits per heavy atom. The maximum absolute atomic E-state index is 11.2. The van der Waals surface area contributed by atoms with Crippen molar-refractivity contribution in [2.75, 3.05) is 12.4 Å². The summed E-state index contributed by atoms with van der Waals surface area (Å²) in [6.45, 7) is 3.86. The molecule has 0 aliphatic rings. The zero-order valence-corrected chi connectivity index (χ0v) is 10.5. The highest BCUT2D eigenvalue weighted by Gasteiger charge is 2.15. The average Bonchev–Trinajstić information content (AvgIpc) is 2.75. The Morgan fingerprint density at radius 2 is 2.38 bits per heavy atom. The molecule has 16 heavy (non-hydrogen) atoms. The molecule has 0 amide bonds. The van der Waals surface area contributed by atoms with Gasteiger partial charge >= 0.3 is 11.9 Å². The van der Waals surface area contributed by atoms with E-state index in [0.717, 1.165) is 5.57 Å². The summed E-state index contributed by atoms with van der Waals surface area (Å²) in [7, 11) is 0. The summed E-state index contributed by atoms with van der Waals surface area (Å²) in [4.78, 5) is 11.2. The first kappa shape index (κ1) is 13.1. The molecule has 1 rings (SSSR count). The van der Waals surface area contributed by atoms with Gasteiger partial charge in [-0.3, -0.25) is 0 Å². The molecule has 0 aliphatic carbocycles. The number of carbonyl (C=O) groups excluding carboxylic acids is 1. The third-order valence-corrected chi connectivity index (χ3v) is 2.85. The molecule has 1 aromatic rings. The van der Waals surface area contributed by atoms with E-state index in [1.165, 1.54) is 17.3 Å². The zero-order chi connectivity index (χ0) is 12.0. The largest absolute Gasteiger partial charge is 0.459 e. The minimum Gasteiger partial charge on any atom is -0.459 e. The minimum absolute atomic E-state index is 0.128. The molecule has 88 valence electrons. The molecule has 0 saturated heterocycles. The second-order valence-electron chi connectivity index (χ2n) is 2.84. The third kappa shape index (κ3) is 3.86. The van der Waals surface area contributed by atoms with Crippen LogP contribution >= 0.6 is 23.4 Å². The molecule has 1 heterocycles. The van der Waals surface area contributed by atoms with Gasteiger partial charge in [-0.1, -0.05) is 34.0 Å². The van der Waals surface area contributed by atoms with Crippen LogP contribution in [0.25, 0.3) is 0 Å². The first-order chi connectivity index (χ1) is 7.67. The monoisotopic (exact) mass is 262 g/mol. The second kappa shape index (κ2) is 6.55. The quantitative estimate of drug-likeness (QED) is 0.600. The lowest BCUT2D eigenvalue weighted by molar-refractivity contribution is 0.0475. The summed E-state index contributed by atoms with van der Waals surface area (Å²) in [5.41, 5.74) is 2.46. The van der Waals surface area contributed by atoms with Gasteiger partial charge in [-0.05, 0) is 13.8 Å². The third-order valence-electron chi connectivity index (χ3n) is 1.47. The van der Waals surface area contributed by atoms with Crippen LogP contribution in [0.3, 0.4) is 0 Å². The fraction of sp³-hybridized carbons (Fsp3) is 0.444. The minimum atomic E-state index is -0.605. The highest BCUT2D eigenvalue weighted by Crippen LogP contribution is 2.19. The number of aromatic nitrogens is 2. The van der Waals surface area contributed by atoms with E-state index in [2.05, 4.69) is 10.2 Å². The van der Waals surface area contributed by atoms with Crippen molar-refractivity contribution in [3.05, 3.63) is 17.0 Å². The normalized spacial score (nSPS) is 11.6. The van der Waals surface area contributed by atoms with Gasteiger partial charge in [0.1, 0.15) is 0 Å². The summed E-state index contributed by atoms with van der Waals surface area (Å²) in [6.07, 6.45) is 0. The van der Waals surface area contributed by atoms with Crippen molar-refractivity contribution in [2.45, 2.75) is 19.1 Å². The Balaban J connectivity index is 2.54. The molecule has 7 heteroatoms. The lowest BCUT2D eigenvalue weighted by Crippen LogP contribution is -2.04. The van der Waals surface area contributed by atoms with Gasteiger partial charge in [0, 0.05) is 11.3 Å². The summed E-state index contributed by atoms with van der Waals surface area (Å²) in [5, 5.41) is 7.60. The lowest BCUT2D eigenvalue weighted by atomic mass is 10.4. The van der Waals surface area contributed by atoms with Gasteiger partial charge < -0.3 is 9.15 Å². The van der Waals surface area contributed by atoms with Gasteiger partial charge in [-0.25, -0.2) is 4.79 Å². The van der Waals surface area contributed by atoms with E-state index in [-0.39, 0.29) is 12.5 Å². The first-order valence-electron chi connectivity index (χ1n) is 4.56. The number of thioether (sulfide) groups is 1. The fourth-order valence-electron chi connectivity index (χ4n) is 0.750. The average molecular weight is 263 g/mol. The number of hydrogen-bond donors (Lipinski definition) is 0. The molecule has 0 bridgehead atoms. The van der Waals surface area contributed by atoms with E-state index in [0.29, 0.717) is 11.0 Å². The van der Waals surface area contributed by atoms with Crippen LogP contribution in [0, 0.1) is 0 Å². The van der Waals surface area contributed by atoms with Crippen molar-refractivity contribution >= 4 is 29.3 Å². The van der Waals surface area contributed by atoms with Gasteiger partial charge in [0.2, 0.25) is 0 Å². The maximum atomic E-state index is 11.2. The zero-order valence-electron chi connectivity index (χ0n) is 8.90. The molecule has 0 spiro atoms. The molecule has 0 fully saturated rings. The highest BCUT2D eigenvalue weighted by atomic mass is 35.5. The Labute approximate surface area is 102 Å². The van der Waals surface area contributed by atoms with Crippen molar-refractivity contribution < 1.29 is 13.9 Å². The van der Waals surface area contributed by atoms with Gasteiger partial charge in [0.25, 0.3) is 5.22 Å². The van der Waals surface area contributed by atoms with Crippen LogP contribution in [-0.2, 0) is 4.74 Å². The van der Waals surface area contributed by atoms with E-state index in [4.69, 9.17) is 20.8 Å². The molecule has 5 nitrogen and oxygen atoms in total. The molecular formula is C9H11ClN2O3S. The van der Waals surface area contributed by atoms with E-state index >= 15 is 0 Å². The van der Waals surface area contributed by atoms with Crippen LogP contribution < -0.4 is 0 Å². The summed E-state index contributed by atoms with van der Waals surface area (Å²) < 4.78 is 9.80. The van der Waals surface area contributed by atoms with Gasteiger partial charge in [0.15, 0.2) is 0 Å². The van der Waals surface area contributed by atoms with Crippen LogP contribution in [0.4, 0.5) is 0 Å². The molecular weight excluding hydrogens is 252 g/mol. The number of nitrogens with zero attached hydrogens (tertiary/aromatic N) is 2. The smallest absolute Gasteiger partial charge is 0.396 e. The van der Waals surface area contributed by atoms with E-state index in [9.17, 15) is 4.79 Å². The van der Waals surface area contributed by atoms with Crippen molar-refractivity contribution in [1.82, 2.24) is 10.2 Å². The predicted molar refractivity (Wildman–Crippen MR) is 60.6 cm³/mol. The number of halogens is 1. The Kier molecular flexibility index (Phi) is 5.34. The second-order valence-corrected chi connectivity index (χ2v) is 3.98. The van der Waals surface area contributed by atoms with Crippen LogP contribution in [-0.4, -0.2) is 28.5 Å². The van der Waals surface area contributed by atoms with Gasteiger partial charge in [-0.15, -0.1) is 5.10 Å². The number of hydrogen-bond acceptors (Lipinski definition) is 6. The molecule has 0 unspecified atom stereocenters. The summed E-state index contributed by atoms with van der Waals surface area (Å²) in [5.74, 6) is -0.100. The fourth-order valence-corrected chi connectivity index (χ4v) is 1.59. The molecule has 0 saturated carbocycles. The molecule has 0 N–H and O–H groups in total. The maximum Gasteiger partial charge on any atom is 0.396 e. The topological polar surface area (TPSA) is 65.2 Å². The Morgan fingerprint density at radius 3 is 3.00 bits per heavy atom. The van der Waals surface area contributed by atoms with Crippen LogP contribution in [0.15, 0.2) is 20.7 Å². The Hall–Kier alpha value is -1.01. The van der Waals surface area contributed by atoms with E-state index in [1.54, 1.807) is 6.92 Å². The van der Waals surface area contributed by atoms with Gasteiger partial charge in [-0.2, -0.15) is 0 Å². The van der Waals surface area contributed by atoms with Crippen LogP contribution in [0.5, 0.6) is 0 Å². The van der Waals surface area contributed by atoms with Gasteiger partial charge in [0.05, 0.1) is 6.61 Å². The van der Waals surface area contributed by atoms with E-state index in [1.807, 2.05) is 6.92 Å². The first-order valence-corrected chi connectivity index (χ1v) is 5.98. The molecule has 1 aromatic heterocycles. The SMILES string of the molecule is CCOC(=O)c1nnc(SCC(C)=CCl)o1.